The molecule has 1 rings (SSSR count). The van der Waals surface area contributed by atoms with Gasteiger partial charge in [0.15, 0.2) is 5.78 Å². The fourth-order valence-corrected chi connectivity index (χ4v) is 1.32. The molecule has 1 aromatic rings. The molecule has 0 saturated heterocycles. The maximum Gasteiger partial charge on any atom is 0.155 e. The minimum Gasteiger partial charge on any atom is -0.494 e. The van der Waals surface area contributed by atoms with E-state index in [-0.39, 0.29) is 5.78 Å². The third-order valence-corrected chi connectivity index (χ3v) is 2.46. The first-order valence-electron chi connectivity index (χ1n) is 6.20. The minimum atomic E-state index is 0.147. The molecule has 0 radical (unpaired) electrons. The highest BCUT2D eigenvalue weighted by Gasteiger charge is 1.94. The first-order valence-corrected chi connectivity index (χ1v) is 6.20. The van der Waals surface area contributed by atoms with Gasteiger partial charge in [-0.05, 0) is 30.2 Å². The number of carbonyl (C=O) groups excluding carboxylic acids is 1. The lowest BCUT2D eigenvalue weighted by Crippen LogP contribution is -1.95. The zero-order valence-electron chi connectivity index (χ0n) is 10.6. The smallest absolute Gasteiger partial charge is 0.155 e. The molecule has 92 valence electrons. The van der Waals surface area contributed by atoms with Crippen LogP contribution < -0.4 is 4.74 Å². The van der Waals surface area contributed by atoms with Crippen molar-refractivity contribution in [2.24, 2.45) is 0 Å². The molecule has 0 aliphatic heterocycles. The summed E-state index contributed by atoms with van der Waals surface area (Å²) in [6.07, 6.45) is 6.22. The van der Waals surface area contributed by atoms with Crippen LogP contribution in [0.2, 0.25) is 0 Å². The Morgan fingerprint density at radius 2 is 1.94 bits per heavy atom. The number of rotatable bonds is 7. The van der Waals surface area contributed by atoms with Gasteiger partial charge in [0.25, 0.3) is 0 Å². The zero-order valence-corrected chi connectivity index (χ0v) is 10.6. The van der Waals surface area contributed by atoms with Gasteiger partial charge in [0.1, 0.15) is 5.75 Å². The van der Waals surface area contributed by atoms with Crippen LogP contribution in [0, 0.1) is 0 Å². The molecule has 0 heterocycles. The van der Waals surface area contributed by atoms with Gasteiger partial charge in [-0.2, -0.15) is 0 Å². The lowest BCUT2D eigenvalue weighted by Gasteiger charge is -2.04. The van der Waals surface area contributed by atoms with Gasteiger partial charge in [0.05, 0.1) is 6.61 Å². The van der Waals surface area contributed by atoms with Gasteiger partial charge in [0.2, 0.25) is 0 Å². The van der Waals surface area contributed by atoms with E-state index in [1.165, 1.54) is 0 Å². The molecule has 0 bridgehead atoms. The van der Waals surface area contributed by atoms with Crippen molar-refractivity contribution in [1.29, 1.82) is 0 Å². The Bertz CT molecular complexity index is 363. The molecule has 1 aromatic carbocycles. The van der Waals surface area contributed by atoms with E-state index in [0.717, 1.165) is 30.8 Å². The van der Waals surface area contributed by atoms with Crippen molar-refractivity contribution in [2.75, 3.05) is 6.61 Å². The number of benzene rings is 1. The number of unbranched alkanes of at least 4 members (excludes halogenated alkanes) is 1. The predicted octanol–water partition coefficient (Wildman–Crippen LogP) is 3.86. The lowest BCUT2D eigenvalue weighted by atomic mass is 10.2. The maximum atomic E-state index is 11.1. The van der Waals surface area contributed by atoms with E-state index in [0.29, 0.717) is 6.42 Å². The summed E-state index contributed by atoms with van der Waals surface area (Å²) < 4.78 is 5.56. The first-order chi connectivity index (χ1) is 8.26. The second-order valence-electron chi connectivity index (χ2n) is 3.92. The molecule has 0 amide bonds. The highest BCUT2D eigenvalue weighted by molar-refractivity contribution is 5.93. The highest BCUT2D eigenvalue weighted by atomic mass is 16.5. The third-order valence-electron chi connectivity index (χ3n) is 2.46. The summed E-state index contributed by atoms with van der Waals surface area (Å²) in [6.45, 7) is 4.76. The molecule has 0 unspecified atom stereocenters. The van der Waals surface area contributed by atoms with Crippen molar-refractivity contribution in [3.05, 3.63) is 35.9 Å². The first kappa shape index (κ1) is 13.5. The average Bonchev–Trinajstić information content (AvgIpc) is 2.37. The minimum absolute atomic E-state index is 0.147. The van der Waals surface area contributed by atoms with Gasteiger partial charge < -0.3 is 4.74 Å². The number of ether oxygens (including phenoxy) is 1. The van der Waals surface area contributed by atoms with Gasteiger partial charge in [-0.1, -0.05) is 38.5 Å². The van der Waals surface area contributed by atoms with Crippen LogP contribution in [0.5, 0.6) is 5.75 Å². The second-order valence-corrected chi connectivity index (χ2v) is 3.92. The van der Waals surface area contributed by atoms with Crippen LogP contribution in [0.15, 0.2) is 30.3 Å². The molecule has 2 heteroatoms. The summed E-state index contributed by atoms with van der Waals surface area (Å²) in [4.78, 5) is 11.1. The van der Waals surface area contributed by atoms with Crippen molar-refractivity contribution in [1.82, 2.24) is 0 Å². The van der Waals surface area contributed by atoms with Crippen LogP contribution >= 0.6 is 0 Å². The summed E-state index contributed by atoms with van der Waals surface area (Å²) in [7, 11) is 0. The van der Waals surface area contributed by atoms with E-state index in [2.05, 4.69) is 6.92 Å². The van der Waals surface area contributed by atoms with E-state index in [1.54, 1.807) is 6.08 Å². The Balaban J connectivity index is 2.50. The summed E-state index contributed by atoms with van der Waals surface area (Å²) >= 11 is 0. The third kappa shape index (κ3) is 5.34. The fourth-order valence-electron chi connectivity index (χ4n) is 1.32. The Labute approximate surface area is 103 Å². The van der Waals surface area contributed by atoms with E-state index < -0.39 is 0 Å². The molecule has 0 aromatic heterocycles. The number of hydrogen-bond acceptors (Lipinski definition) is 2. The summed E-state index contributed by atoms with van der Waals surface area (Å²) in [5.41, 5.74) is 1.02. The van der Waals surface area contributed by atoms with Gasteiger partial charge >= 0.3 is 0 Å². The summed E-state index contributed by atoms with van der Waals surface area (Å²) in [5, 5.41) is 0. The van der Waals surface area contributed by atoms with Crippen molar-refractivity contribution >= 4 is 11.9 Å². The molecule has 0 atom stereocenters. The van der Waals surface area contributed by atoms with Crippen LogP contribution in [0.4, 0.5) is 0 Å². The normalized spacial score (nSPS) is 10.7. The van der Waals surface area contributed by atoms with E-state index in [9.17, 15) is 4.79 Å². The van der Waals surface area contributed by atoms with Crippen LogP contribution in [0.1, 0.15) is 38.7 Å². The van der Waals surface area contributed by atoms with Gasteiger partial charge in [-0.15, -0.1) is 0 Å². The number of ketones is 1. The Morgan fingerprint density at radius 3 is 2.53 bits per heavy atom. The molecular weight excluding hydrogens is 212 g/mol. The molecule has 17 heavy (non-hydrogen) atoms. The van der Waals surface area contributed by atoms with E-state index >= 15 is 0 Å². The molecule has 0 N–H and O–H groups in total. The summed E-state index contributed by atoms with van der Waals surface area (Å²) in [5.74, 6) is 1.03. The molecular formula is C15H20O2. The number of hydrogen-bond donors (Lipinski definition) is 0. The topological polar surface area (TPSA) is 26.3 Å². The zero-order chi connectivity index (χ0) is 12.5. The molecule has 0 aliphatic rings. The maximum absolute atomic E-state index is 11.1. The molecule has 0 fully saturated rings. The highest BCUT2D eigenvalue weighted by Crippen LogP contribution is 2.13. The lowest BCUT2D eigenvalue weighted by molar-refractivity contribution is -0.114. The van der Waals surface area contributed by atoms with Gasteiger partial charge in [-0.3, -0.25) is 4.79 Å². The Hall–Kier alpha value is -1.57. The van der Waals surface area contributed by atoms with Crippen molar-refractivity contribution < 1.29 is 9.53 Å². The van der Waals surface area contributed by atoms with Crippen LogP contribution in [-0.4, -0.2) is 12.4 Å². The van der Waals surface area contributed by atoms with Crippen molar-refractivity contribution in [3.63, 3.8) is 0 Å². The van der Waals surface area contributed by atoms with Crippen LogP contribution in [0.25, 0.3) is 6.08 Å². The second kappa shape index (κ2) is 7.66. The molecule has 2 nitrogen and oxygen atoms in total. The van der Waals surface area contributed by atoms with Crippen molar-refractivity contribution in [3.8, 4) is 5.75 Å². The van der Waals surface area contributed by atoms with Gasteiger partial charge in [-0.25, -0.2) is 0 Å². The number of allylic oxidation sites excluding steroid dienone is 1. The standard InChI is InChI=1S/C15H20O2/c1-3-5-12-17-15-10-7-13(8-11-15)6-9-14(16)4-2/h6-11H,3-5,12H2,1-2H3/b9-6+. The largest absolute Gasteiger partial charge is 0.494 e. The monoisotopic (exact) mass is 232 g/mol. The number of carbonyl (C=O) groups is 1. The van der Waals surface area contributed by atoms with Crippen molar-refractivity contribution in [2.45, 2.75) is 33.1 Å². The Kier molecular flexibility index (Phi) is 6.08. The summed E-state index contributed by atoms with van der Waals surface area (Å²) in [6, 6.07) is 7.79. The average molecular weight is 232 g/mol. The van der Waals surface area contributed by atoms with Crippen LogP contribution in [0.3, 0.4) is 0 Å². The fraction of sp³-hybridized carbons (Fsp3) is 0.400. The predicted molar refractivity (Wildman–Crippen MR) is 71.2 cm³/mol. The van der Waals surface area contributed by atoms with E-state index in [4.69, 9.17) is 4.74 Å². The van der Waals surface area contributed by atoms with Gasteiger partial charge in [0, 0.05) is 6.42 Å². The van der Waals surface area contributed by atoms with E-state index in [1.807, 2.05) is 37.3 Å². The Morgan fingerprint density at radius 1 is 1.24 bits per heavy atom. The molecule has 0 aliphatic carbocycles. The molecule has 0 spiro atoms. The van der Waals surface area contributed by atoms with Crippen LogP contribution in [-0.2, 0) is 4.79 Å². The quantitative estimate of drug-likeness (QED) is 0.527. The molecule has 0 saturated carbocycles. The SMILES string of the molecule is CCCCOc1ccc(/C=C/C(=O)CC)cc1.